The van der Waals surface area contributed by atoms with Gasteiger partial charge < -0.3 is 5.32 Å². The standard InChI is InChI=1S/C20H19ClN4O2S/c1-10-7-11(2)16(12(3)8-10)24-19(27)17-13(4)23-20(28-17)25-18(26)14-5-6-15(21)22-9-14/h5-9H,1-4H3,(H,24,27)(H,23,25,26). The molecule has 2 aromatic heterocycles. The van der Waals surface area contributed by atoms with Gasteiger partial charge in [0.25, 0.3) is 11.8 Å². The highest BCUT2D eigenvalue weighted by molar-refractivity contribution is 7.17. The molecule has 0 unspecified atom stereocenters. The number of nitrogens with zero attached hydrogens (tertiary/aromatic N) is 2. The number of pyridine rings is 1. The maximum absolute atomic E-state index is 12.8. The van der Waals surface area contributed by atoms with Crippen molar-refractivity contribution in [3.05, 3.63) is 68.4 Å². The topological polar surface area (TPSA) is 84.0 Å². The third-order valence-electron chi connectivity index (χ3n) is 4.13. The number of carbonyl (C=O) groups excluding carboxylic acids is 2. The monoisotopic (exact) mass is 414 g/mol. The first-order valence-corrected chi connectivity index (χ1v) is 9.73. The molecule has 0 saturated carbocycles. The van der Waals surface area contributed by atoms with E-state index in [1.165, 1.54) is 12.3 Å². The second-order valence-corrected chi connectivity index (χ2v) is 7.87. The number of halogens is 1. The molecule has 0 radical (unpaired) electrons. The van der Waals surface area contributed by atoms with E-state index in [9.17, 15) is 9.59 Å². The molecule has 2 amide bonds. The molecule has 3 aromatic rings. The average molecular weight is 415 g/mol. The Morgan fingerprint density at radius 2 is 1.68 bits per heavy atom. The Labute approximate surface area is 172 Å². The third-order valence-corrected chi connectivity index (χ3v) is 5.42. The SMILES string of the molecule is Cc1cc(C)c(NC(=O)c2sc(NC(=O)c3ccc(Cl)nc3)nc2C)c(C)c1. The van der Waals surface area contributed by atoms with Crippen LogP contribution in [0.1, 0.15) is 42.4 Å². The van der Waals surface area contributed by atoms with Gasteiger partial charge in [0.05, 0.1) is 11.3 Å². The predicted molar refractivity (Wildman–Crippen MR) is 113 cm³/mol. The zero-order valence-electron chi connectivity index (χ0n) is 15.9. The summed E-state index contributed by atoms with van der Waals surface area (Å²) in [6.07, 6.45) is 1.38. The molecule has 0 aliphatic rings. The van der Waals surface area contributed by atoms with Crippen molar-refractivity contribution >= 4 is 45.6 Å². The Balaban J connectivity index is 1.77. The lowest BCUT2D eigenvalue weighted by molar-refractivity contribution is 0.101. The van der Waals surface area contributed by atoms with Gasteiger partial charge in [-0.05, 0) is 51.0 Å². The van der Waals surface area contributed by atoms with Gasteiger partial charge in [-0.25, -0.2) is 9.97 Å². The zero-order valence-corrected chi connectivity index (χ0v) is 17.5. The molecule has 28 heavy (non-hydrogen) atoms. The van der Waals surface area contributed by atoms with Crippen LogP contribution in [-0.2, 0) is 0 Å². The fraction of sp³-hybridized carbons (Fsp3) is 0.200. The molecular formula is C20H19ClN4O2S. The van der Waals surface area contributed by atoms with Crippen molar-refractivity contribution in [2.75, 3.05) is 10.6 Å². The van der Waals surface area contributed by atoms with E-state index in [0.29, 0.717) is 26.4 Å². The summed E-state index contributed by atoms with van der Waals surface area (Å²) in [6.45, 7) is 7.67. The molecule has 8 heteroatoms. The highest BCUT2D eigenvalue weighted by atomic mass is 35.5. The minimum Gasteiger partial charge on any atom is -0.321 e. The molecule has 2 heterocycles. The minimum atomic E-state index is -0.366. The van der Waals surface area contributed by atoms with Crippen LogP contribution in [0.15, 0.2) is 30.5 Å². The number of carbonyl (C=O) groups is 2. The Kier molecular flexibility index (Phi) is 5.76. The van der Waals surface area contributed by atoms with Crippen molar-refractivity contribution in [3.8, 4) is 0 Å². The van der Waals surface area contributed by atoms with Gasteiger partial charge >= 0.3 is 0 Å². The van der Waals surface area contributed by atoms with Gasteiger partial charge in [-0.15, -0.1) is 0 Å². The largest absolute Gasteiger partial charge is 0.321 e. The highest BCUT2D eigenvalue weighted by Crippen LogP contribution is 2.27. The summed E-state index contributed by atoms with van der Waals surface area (Å²) in [7, 11) is 0. The van der Waals surface area contributed by atoms with Crippen LogP contribution in [0.5, 0.6) is 0 Å². The number of hydrogen-bond acceptors (Lipinski definition) is 5. The van der Waals surface area contributed by atoms with Crippen molar-refractivity contribution < 1.29 is 9.59 Å². The maximum Gasteiger partial charge on any atom is 0.267 e. The van der Waals surface area contributed by atoms with E-state index in [-0.39, 0.29) is 11.8 Å². The van der Waals surface area contributed by atoms with Crippen LogP contribution >= 0.6 is 22.9 Å². The molecule has 144 valence electrons. The molecule has 1 aromatic carbocycles. The summed E-state index contributed by atoms with van der Waals surface area (Å²) in [5.74, 6) is -0.617. The molecule has 3 rings (SSSR count). The number of thiazole rings is 1. The Bertz CT molecular complexity index is 1040. The summed E-state index contributed by atoms with van der Waals surface area (Å²) >= 11 is 6.86. The van der Waals surface area contributed by atoms with Crippen LogP contribution in [0.25, 0.3) is 0 Å². The predicted octanol–water partition coefficient (Wildman–Crippen LogP) is 4.93. The average Bonchev–Trinajstić information content (AvgIpc) is 2.98. The van der Waals surface area contributed by atoms with Gasteiger partial charge in [0.2, 0.25) is 0 Å². The van der Waals surface area contributed by atoms with Gasteiger partial charge in [0, 0.05) is 11.9 Å². The van der Waals surface area contributed by atoms with Crippen molar-refractivity contribution in [2.24, 2.45) is 0 Å². The van der Waals surface area contributed by atoms with Gasteiger partial charge in [0.1, 0.15) is 10.0 Å². The van der Waals surface area contributed by atoms with Crippen LogP contribution in [0.2, 0.25) is 5.15 Å². The quantitative estimate of drug-likeness (QED) is 0.593. The zero-order chi connectivity index (χ0) is 20.4. The number of hydrogen-bond donors (Lipinski definition) is 2. The molecule has 6 nitrogen and oxygen atoms in total. The van der Waals surface area contributed by atoms with E-state index < -0.39 is 0 Å². The van der Waals surface area contributed by atoms with Gasteiger partial charge in [-0.1, -0.05) is 40.6 Å². The van der Waals surface area contributed by atoms with Crippen molar-refractivity contribution in [2.45, 2.75) is 27.7 Å². The molecule has 0 fully saturated rings. The van der Waals surface area contributed by atoms with Crippen LogP contribution < -0.4 is 10.6 Å². The Hall–Kier alpha value is -2.77. The number of aromatic nitrogens is 2. The van der Waals surface area contributed by atoms with Crippen molar-refractivity contribution in [1.82, 2.24) is 9.97 Å². The lowest BCUT2D eigenvalue weighted by atomic mass is 10.1. The number of rotatable bonds is 4. The normalized spacial score (nSPS) is 10.6. The molecular weight excluding hydrogens is 396 g/mol. The number of amides is 2. The first-order chi connectivity index (χ1) is 13.2. The molecule has 0 aliphatic heterocycles. The minimum absolute atomic E-state index is 0.251. The van der Waals surface area contributed by atoms with E-state index in [1.54, 1.807) is 13.0 Å². The molecule has 0 spiro atoms. The Morgan fingerprint density at radius 3 is 2.29 bits per heavy atom. The fourth-order valence-electron chi connectivity index (χ4n) is 2.89. The molecule has 0 saturated heterocycles. The first-order valence-electron chi connectivity index (χ1n) is 8.54. The maximum atomic E-state index is 12.8. The summed E-state index contributed by atoms with van der Waals surface area (Å²) in [6, 6.07) is 7.15. The van der Waals surface area contributed by atoms with E-state index in [2.05, 4.69) is 20.6 Å². The van der Waals surface area contributed by atoms with E-state index in [0.717, 1.165) is 33.7 Å². The van der Waals surface area contributed by atoms with E-state index in [1.807, 2.05) is 32.9 Å². The highest BCUT2D eigenvalue weighted by Gasteiger charge is 2.19. The van der Waals surface area contributed by atoms with Crippen molar-refractivity contribution in [1.29, 1.82) is 0 Å². The van der Waals surface area contributed by atoms with Crippen LogP contribution in [0.3, 0.4) is 0 Å². The number of nitrogens with one attached hydrogen (secondary N) is 2. The van der Waals surface area contributed by atoms with Crippen LogP contribution in [0.4, 0.5) is 10.8 Å². The smallest absolute Gasteiger partial charge is 0.267 e. The second kappa shape index (κ2) is 8.08. The molecule has 0 atom stereocenters. The van der Waals surface area contributed by atoms with Crippen LogP contribution in [0, 0.1) is 27.7 Å². The molecule has 2 N–H and O–H groups in total. The number of anilines is 2. The summed E-state index contributed by atoms with van der Waals surface area (Å²) in [5, 5.41) is 6.31. The summed E-state index contributed by atoms with van der Waals surface area (Å²) in [4.78, 5) is 33.7. The number of benzene rings is 1. The van der Waals surface area contributed by atoms with Gasteiger partial charge in [0.15, 0.2) is 5.13 Å². The summed E-state index contributed by atoms with van der Waals surface area (Å²) in [5.41, 5.74) is 4.84. The van der Waals surface area contributed by atoms with Gasteiger partial charge in [-0.3, -0.25) is 14.9 Å². The van der Waals surface area contributed by atoms with E-state index >= 15 is 0 Å². The fourth-order valence-corrected chi connectivity index (χ4v) is 3.86. The van der Waals surface area contributed by atoms with Gasteiger partial charge in [-0.2, -0.15) is 0 Å². The summed E-state index contributed by atoms with van der Waals surface area (Å²) < 4.78 is 0. The lowest BCUT2D eigenvalue weighted by Gasteiger charge is -2.12. The van der Waals surface area contributed by atoms with Crippen molar-refractivity contribution in [3.63, 3.8) is 0 Å². The number of aryl methyl sites for hydroxylation is 4. The third kappa shape index (κ3) is 4.37. The molecule has 0 aliphatic carbocycles. The second-order valence-electron chi connectivity index (χ2n) is 6.49. The van der Waals surface area contributed by atoms with E-state index in [4.69, 9.17) is 11.6 Å². The molecule has 0 bridgehead atoms. The first kappa shape index (κ1) is 20.0. The lowest BCUT2D eigenvalue weighted by Crippen LogP contribution is -2.13. The van der Waals surface area contributed by atoms with Crippen LogP contribution in [-0.4, -0.2) is 21.8 Å². The Morgan fingerprint density at radius 1 is 1.00 bits per heavy atom.